The van der Waals surface area contributed by atoms with Crippen molar-refractivity contribution >= 4 is 50.5 Å². The van der Waals surface area contributed by atoms with Crippen molar-refractivity contribution in [2.24, 2.45) is 5.73 Å². The smallest absolute Gasteiger partial charge is 0.257 e. The number of halogens is 2. The molecule has 190 valence electrons. The quantitative estimate of drug-likeness (QED) is 0.385. The van der Waals surface area contributed by atoms with E-state index >= 15 is 0 Å². The van der Waals surface area contributed by atoms with Crippen LogP contribution in [0.1, 0.15) is 23.2 Å². The molecule has 0 aliphatic carbocycles. The molecular weight excluding hydrogens is 537 g/mol. The highest BCUT2D eigenvalue weighted by atomic mass is 35.5. The van der Waals surface area contributed by atoms with Crippen LogP contribution >= 0.6 is 23.2 Å². The Morgan fingerprint density at radius 3 is 2.30 bits per heavy atom. The minimum Gasteiger partial charge on any atom is -0.368 e. The Morgan fingerprint density at radius 2 is 1.65 bits per heavy atom. The summed E-state index contributed by atoms with van der Waals surface area (Å²) in [5.74, 6) is -1.91. The number of nitrogens with two attached hydrogens (primary N) is 1. The van der Waals surface area contributed by atoms with Crippen molar-refractivity contribution in [1.82, 2.24) is 19.9 Å². The first-order chi connectivity index (χ1) is 17.6. The second-order valence-corrected chi connectivity index (χ2v) is 12.0. The molecule has 1 aliphatic rings. The Labute approximate surface area is 222 Å². The Morgan fingerprint density at radius 1 is 0.973 bits per heavy atom. The molecule has 0 spiro atoms. The van der Waals surface area contributed by atoms with Crippen LogP contribution in [0.2, 0.25) is 10.0 Å². The lowest BCUT2D eigenvalue weighted by Crippen LogP contribution is -2.60. The first-order valence-corrected chi connectivity index (χ1v) is 13.9. The number of amides is 2. The molecule has 37 heavy (non-hydrogen) atoms. The molecule has 0 atom stereocenters. The maximum atomic E-state index is 13.4. The normalized spacial score (nSPS) is 16.4. The molecule has 9 nitrogen and oxygen atoms in total. The second kappa shape index (κ2) is 9.44. The van der Waals surface area contributed by atoms with E-state index in [1.165, 1.54) is 10.7 Å². The number of nitrogens with one attached hydrogen (secondary N) is 1. The van der Waals surface area contributed by atoms with E-state index in [-0.39, 0.29) is 35.6 Å². The van der Waals surface area contributed by atoms with E-state index in [1.54, 1.807) is 24.4 Å². The maximum absolute atomic E-state index is 13.4. The van der Waals surface area contributed by atoms with E-state index < -0.39 is 27.2 Å². The minimum absolute atomic E-state index is 0.101. The zero-order chi connectivity index (χ0) is 26.4. The predicted molar refractivity (Wildman–Crippen MR) is 141 cm³/mol. The highest BCUT2D eigenvalue weighted by Gasteiger charge is 2.44. The molecule has 2 aromatic heterocycles. The fraction of sp³-hybridized carbons (Fsp3) is 0.200. The van der Waals surface area contributed by atoms with Crippen molar-refractivity contribution in [1.29, 1.82) is 0 Å². The molecule has 1 saturated heterocycles. The number of aromatic nitrogens is 3. The molecule has 1 aliphatic heterocycles. The predicted octanol–water partition coefficient (Wildman–Crippen LogP) is 3.53. The number of fused-ring (bicyclic) bond motifs is 1. The van der Waals surface area contributed by atoms with Gasteiger partial charge in [0.1, 0.15) is 11.1 Å². The number of hydrogen-bond acceptors (Lipinski definition) is 6. The van der Waals surface area contributed by atoms with Crippen LogP contribution in [0, 0.1) is 0 Å². The number of hydrogen-bond donors (Lipinski definition) is 2. The van der Waals surface area contributed by atoms with Crippen molar-refractivity contribution in [3.8, 4) is 22.4 Å². The third-order valence-electron chi connectivity index (χ3n) is 6.56. The van der Waals surface area contributed by atoms with E-state index in [0.717, 1.165) is 11.1 Å². The summed E-state index contributed by atoms with van der Waals surface area (Å²) >= 11 is 12.6. The van der Waals surface area contributed by atoms with E-state index in [9.17, 15) is 18.0 Å². The van der Waals surface area contributed by atoms with Crippen LogP contribution in [0.3, 0.4) is 0 Å². The summed E-state index contributed by atoms with van der Waals surface area (Å²) < 4.78 is 25.3. The number of rotatable bonds is 5. The number of benzene rings is 2. The summed E-state index contributed by atoms with van der Waals surface area (Å²) in [4.78, 5) is 30.2. The lowest BCUT2D eigenvalue weighted by Gasteiger charge is -2.34. The van der Waals surface area contributed by atoms with Crippen LogP contribution in [0.15, 0.2) is 60.9 Å². The average Bonchev–Trinajstić information content (AvgIpc) is 3.30. The molecule has 0 bridgehead atoms. The Bertz CT molecular complexity index is 1640. The second-order valence-electron chi connectivity index (χ2n) is 8.85. The van der Waals surface area contributed by atoms with E-state index in [4.69, 9.17) is 28.9 Å². The highest BCUT2D eigenvalue weighted by Crippen LogP contribution is 2.36. The van der Waals surface area contributed by atoms with Gasteiger partial charge in [0.15, 0.2) is 15.5 Å². The van der Waals surface area contributed by atoms with Crippen molar-refractivity contribution < 1.29 is 18.0 Å². The molecule has 12 heteroatoms. The maximum Gasteiger partial charge on any atom is 0.257 e. The van der Waals surface area contributed by atoms with E-state index in [0.29, 0.717) is 21.3 Å². The van der Waals surface area contributed by atoms with Gasteiger partial charge in [0.05, 0.1) is 23.4 Å². The van der Waals surface area contributed by atoms with E-state index in [2.05, 4.69) is 15.4 Å². The number of primary amides is 1. The fourth-order valence-electron chi connectivity index (χ4n) is 4.46. The standard InChI is InChI=1S/C25H21Cl2N5O4S/c26-16-7-5-15(6-8-16)21-18(17-3-1-2-4-20(17)27)13-29-22-19(14-30-32(21)22)23(33)31-25(24(28)34)9-11-37(35,36)12-10-25/h1-8,13-14H,9-12H2,(H2,28,34)(H,31,33). The average molecular weight is 558 g/mol. The van der Waals surface area contributed by atoms with Crippen molar-refractivity contribution in [3.63, 3.8) is 0 Å². The van der Waals surface area contributed by atoms with Crippen molar-refractivity contribution in [3.05, 3.63) is 76.5 Å². The molecule has 4 aromatic rings. The summed E-state index contributed by atoms with van der Waals surface area (Å²) in [6.07, 6.45) is 2.75. The summed E-state index contributed by atoms with van der Waals surface area (Å²) in [5, 5.41) is 8.19. The van der Waals surface area contributed by atoms with Crippen LogP contribution < -0.4 is 11.1 Å². The molecule has 3 N–H and O–H groups in total. The van der Waals surface area contributed by atoms with Gasteiger partial charge < -0.3 is 11.1 Å². The number of sulfone groups is 1. The Balaban J connectivity index is 1.62. The van der Waals surface area contributed by atoms with Crippen LogP contribution in [0.4, 0.5) is 0 Å². The monoisotopic (exact) mass is 557 g/mol. The van der Waals surface area contributed by atoms with Gasteiger partial charge in [-0.25, -0.2) is 17.9 Å². The third-order valence-corrected chi connectivity index (χ3v) is 8.79. The van der Waals surface area contributed by atoms with Crippen LogP contribution in [-0.2, 0) is 14.6 Å². The highest BCUT2D eigenvalue weighted by molar-refractivity contribution is 7.91. The SMILES string of the molecule is NC(=O)C1(NC(=O)c2cnn3c(-c4ccc(Cl)cc4)c(-c4ccccc4Cl)cnc23)CCS(=O)(=O)CC1. The van der Waals surface area contributed by atoms with Gasteiger partial charge in [0.2, 0.25) is 5.91 Å². The number of carbonyl (C=O) groups is 2. The fourth-order valence-corrected chi connectivity index (χ4v) is 6.34. The topological polar surface area (TPSA) is 137 Å². The van der Waals surface area contributed by atoms with Crippen molar-refractivity contribution in [2.75, 3.05) is 11.5 Å². The zero-order valence-electron chi connectivity index (χ0n) is 19.3. The lowest BCUT2D eigenvalue weighted by molar-refractivity contribution is -0.124. The van der Waals surface area contributed by atoms with Gasteiger partial charge >= 0.3 is 0 Å². The van der Waals surface area contributed by atoms with Gasteiger partial charge in [0, 0.05) is 32.9 Å². The van der Waals surface area contributed by atoms with Gasteiger partial charge in [0.25, 0.3) is 5.91 Å². The van der Waals surface area contributed by atoms with Crippen LogP contribution in [0.5, 0.6) is 0 Å². The summed E-state index contributed by atoms with van der Waals surface area (Å²) in [7, 11) is -3.29. The minimum atomic E-state index is -3.29. The van der Waals surface area contributed by atoms with Gasteiger partial charge in [-0.2, -0.15) is 5.10 Å². The van der Waals surface area contributed by atoms with E-state index in [1.807, 2.05) is 30.3 Å². The summed E-state index contributed by atoms with van der Waals surface area (Å²) in [6, 6.07) is 14.4. The summed E-state index contributed by atoms with van der Waals surface area (Å²) in [5.41, 5.74) is 7.26. The largest absolute Gasteiger partial charge is 0.368 e. The van der Waals surface area contributed by atoms with Gasteiger partial charge in [-0.05, 0) is 31.0 Å². The molecule has 2 amide bonds. The first-order valence-electron chi connectivity index (χ1n) is 11.3. The Kier molecular flexibility index (Phi) is 6.43. The number of carbonyl (C=O) groups excluding carboxylic acids is 2. The van der Waals surface area contributed by atoms with Gasteiger partial charge in [-0.3, -0.25) is 9.59 Å². The molecular formula is C25H21Cl2N5O4S. The lowest BCUT2D eigenvalue weighted by atomic mass is 9.91. The van der Waals surface area contributed by atoms with Gasteiger partial charge in [-0.15, -0.1) is 0 Å². The van der Waals surface area contributed by atoms with Gasteiger partial charge in [-0.1, -0.05) is 53.5 Å². The third kappa shape index (κ3) is 4.68. The summed E-state index contributed by atoms with van der Waals surface area (Å²) in [6.45, 7) is 0. The molecule has 2 aromatic carbocycles. The van der Waals surface area contributed by atoms with Crippen molar-refractivity contribution in [2.45, 2.75) is 18.4 Å². The molecule has 1 fully saturated rings. The first kappa shape index (κ1) is 25.2. The molecule has 5 rings (SSSR count). The van der Waals surface area contributed by atoms with Crippen LogP contribution in [0.25, 0.3) is 28.0 Å². The zero-order valence-corrected chi connectivity index (χ0v) is 21.6. The van der Waals surface area contributed by atoms with Crippen LogP contribution in [-0.4, -0.2) is 51.9 Å². The number of nitrogens with zero attached hydrogens (tertiary/aromatic N) is 3. The molecule has 3 heterocycles. The molecule has 0 unspecified atom stereocenters. The molecule has 0 radical (unpaired) electrons. The Hall–Kier alpha value is -3.47. The molecule has 0 saturated carbocycles.